The fourth-order valence-electron chi connectivity index (χ4n) is 2.22. The molecule has 0 spiro atoms. The molecule has 0 aliphatic rings. The first-order chi connectivity index (χ1) is 12.9. The monoisotopic (exact) mass is 424 g/mol. The lowest BCUT2D eigenvalue weighted by molar-refractivity contribution is -0.139. The molecule has 0 fully saturated rings. The number of thioether (sulfide) groups is 1. The molecule has 27 heavy (non-hydrogen) atoms. The maximum absolute atomic E-state index is 13.3. The van der Waals surface area contributed by atoms with Gasteiger partial charge < -0.3 is 9.84 Å². The molecule has 5 nitrogen and oxygen atoms in total. The molecule has 0 amide bonds. The van der Waals surface area contributed by atoms with E-state index in [2.05, 4.69) is 10.2 Å². The van der Waals surface area contributed by atoms with Crippen LogP contribution >= 0.6 is 34.7 Å². The molecule has 0 saturated heterocycles. The van der Waals surface area contributed by atoms with Gasteiger partial charge in [-0.3, -0.25) is 0 Å². The molecule has 140 valence electrons. The number of carbonyl (C=O) groups is 1. The smallest absolute Gasteiger partial charge is 0.341 e. The predicted octanol–water partition coefficient (Wildman–Crippen LogP) is 5.06. The third-order valence-corrected chi connectivity index (χ3v) is 5.94. The molecule has 3 aromatic rings. The molecule has 0 atom stereocenters. The molecule has 0 aliphatic heterocycles. The number of nitrogens with zero attached hydrogens (tertiary/aromatic N) is 2. The van der Waals surface area contributed by atoms with Gasteiger partial charge in [0.1, 0.15) is 21.6 Å². The summed E-state index contributed by atoms with van der Waals surface area (Å²) in [6, 6.07) is 10.0. The van der Waals surface area contributed by atoms with E-state index >= 15 is 0 Å². The van der Waals surface area contributed by atoms with Crippen LogP contribution in [0.3, 0.4) is 0 Å². The highest BCUT2D eigenvalue weighted by atomic mass is 35.5. The van der Waals surface area contributed by atoms with E-state index in [9.17, 15) is 9.18 Å². The van der Waals surface area contributed by atoms with E-state index in [1.54, 1.807) is 23.9 Å². The highest BCUT2D eigenvalue weighted by Gasteiger charge is 2.10. The summed E-state index contributed by atoms with van der Waals surface area (Å²) in [5, 5.41) is 18.6. The average molecular weight is 425 g/mol. The standard InChI is InChI=1S/C18H14ClFN2O3S2/c1-10-6-12(3-5-15(10)25-8-17(23)24)26-9-16-21-22-18(27-16)11-2-4-14(20)13(19)7-11/h2-7H,8-9H2,1H3,(H,23,24). The summed E-state index contributed by atoms with van der Waals surface area (Å²) in [6.07, 6.45) is 0. The Kier molecular flexibility index (Phi) is 6.30. The number of aryl methyl sites for hydroxylation is 1. The van der Waals surface area contributed by atoms with Crippen LogP contribution in [0.5, 0.6) is 5.75 Å². The molecule has 1 N–H and O–H groups in total. The summed E-state index contributed by atoms with van der Waals surface area (Å²) < 4.78 is 18.5. The number of hydrogen-bond donors (Lipinski definition) is 1. The van der Waals surface area contributed by atoms with Gasteiger partial charge in [0.25, 0.3) is 0 Å². The van der Waals surface area contributed by atoms with Crippen LogP contribution in [0.1, 0.15) is 10.6 Å². The minimum absolute atomic E-state index is 0.0549. The number of rotatable bonds is 7. The molecule has 0 saturated carbocycles. The van der Waals surface area contributed by atoms with Crippen molar-refractivity contribution in [2.75, 3.05) is 6.61 Å². The number of benzene rings is 2. The molecule has 0 bridgehead atoms. The Morgan fingerprint density at radius 1 is 1.30 bits per heavy atom. The predicted molar refractivity (Wildman–Crippen MR) is 104 cm³/mol. The molecule has 1 aromatic heterocycles. The third-order valence-electron chi connectivity index (χ3n) is 3.49. The summed E-state index contributed by atoms with van der Waals surface area (Å²) in [6.45, 7) is 1.50. The number of aliphatic carboxylic acids is 1. The highest BCUT2D eigenvalue weighted by Crippen LogP contribution is 2.32. The van der Waals surface area contributed by atoms with E-state index < -0.39 is 11.8 Å². The Hall–Kier alpha value is -2.16. The van der Waals surface area contributed by atoms with Gasteiger partial charge in [0.05, 0.1) is 10.8 Å². The zero-order valence-electron chi connectivity index (χ0n) is 14.1. The Bertz CT molecular complexity index is 981. The van der Waals surface area contributed by atoms with Crippen molar-refractivity contribution in [3.05, 3.63) is 57.8 Å². The van der Waals surface area contributed by atoms with Gasteiger partial charge in [-0.2, -0.15) is 0 Å². The quantitative estimate of drug-likeness (QED) is 0.534. The Morgan fingerprint density at radius 2 is 2.11 bits per heavy atom. The van der Waals surface area contributed by atoms with E-state index in [0.29, 0.717) is 16.5 Å². The minimum atomic E-state index is -1.01. The van der Waals surface area contributed by atoms with Gasteiger partial charge in [0.2, 0.25) is 0 Å². The molecule has 9 heteroatoms. The maximum atomic E-state index is 13.3. The number of aromatic nitrogens is 2. The molecule has 0 unspecified atom stereocenters. The molecule has 1 heterocycles. The fourth-order valence-corrected chi connectivity index (χ4v) is 4.21. The number of carboxylic acids is 1. The number of carboxylic acid groups (broad SMARTS) is 1. The van der Waals surface area contributed by atoms with Crippen molar-refractivity contribution in [2.24, 2.45) is 0 Å². The van der Waals surface area contributed by atoms with E-state index in [0.717, 1.165) is 21.0 Å². The maximum Gasteiger partial charge on any atom is 0.341 e. The van der Waals surface area contributed by atoms with Crippen LogP contribution in [0.2, 0.25) is 5.02 Å². The first kappa shape index (κ1) is 19.6. The van der Waals surface area contributed by atoms with Crippen molar-refractivity contribution in [2.45, 2.75) is 17.6 Å². The summed E-state index contributed by atoms with van der Waals surface area (Å²) >= 11 is 8.82. The second kappa shape index (κ2) is 8.69. The topological polar surface area (TPSA) is 72.3 Å². The van der Waals surface area contributed by atoms with E-state index in [1.165, 1.54) is 23.5 Å². The molecular weight excluding hydrogens is 411 g/mol. The largest absolute Gasteiger partial charge is 0.482 e. The molecule has 0 aliphatic carbocycles. The third kappa shape index (κ3) is 5.18. The highest BCUT2D eigenvalue weighted by molar-refractivity contribution is 7.98. The average Bonchev–Trinajstić information content (AvgIpc) is 3.10. The van der Waals surface area contributed by atoms with Crippen molar-refractivity contribution in [1.82, 2.24) is 10.2 Å². The van der Waals surface area contributed by atoms with Gasteiger partial charge in [-0.15, -0.1) is 22.0 Å². The van der Waals surface area contributed by atoms with Crippen LogP contribution in [0.25, 0.3) is 10.6 Å². The van der Waals surface area contributed by atoms with E-state index in [-0.39, 0.29) is 11.6 Å². The first-order valence-corrected chi connectivity index (χ1v) is 9.96. The fraction of sp³-hybridized carbons (Fsp3) is 0.167. The second-order valence-electron chi connectivity index (χ2n) is 5.53. The molecule has 0 radical (unpaired) electrons. The van der Waals surface area contributed by atoms with Crippen LogP contribution in [-0.4, -0.2) is 27.9 Å². The lowest BCUT2D eigenvalue weighted by Crippen LogP contribution is -2.09. The molecule has 3 rings (SSSR count). The van der Waals surface area contributed by atoms with Gasteiger partial charge in [-0.25, -0.2) is 9.18 Å². The van der Waals surface area contributed by atoms with Crippen molar-refractivity contribution < 1.29 is 19.0 Å². The second-order valence-corrected chi connectivity index (χ2v) is 8.05. The first-order valence-electron chi connectivity index (χ1n) is 7.78. The SMILES string of the molecule is Cc1cc(SCc2nnc(-c3ccc(F)c(Cl)c3)s2)ccc1OCC(=O)O. The summed E-state index contributed by atoms with van der Waals surface area (Å²) in [7, 11) is 0. The van der Waals surface area contributed by atoms with Crippen LogP contribution in [0.4, 0.5) is 4.39 Å². The van der Waals surface area contributed by atoms with Crippen LogP contribution in [-0.2, 0) is 10.5 Å². The molecular formula is C18H14ClFN2O3S2. The number of ether oxygens (including phenoxy) is 1. The van der Waals surface area contributed by atoms with Crippen molar-refractivity contribution >= 4 is 40.7 Å². The van der Waals surface area contributed by atoms with Gasteiger partial charge in [-0.1, -0.05) is 22.9 Å². The lowest BCUT2D eigenvalue weighted by Gasteiger charge is -2.08. The minimum Gasteiger partial charge on any atom is -0.482 e. The van der Waals surface area contributed by atoms with Crippen LogP contribution in [0, 0.1) is 12.7 Å². The lowest BCUT2D eigenvalue weighted by atomic mass is 10.2. The van der Waals surface area contributed by atoms with Crippen molar-refractivity contribution in [3.63, 3.8) is 0 Å². The zero-order valence-corrected chi connectivity index (χ0v) is 16.5. The van der Waals surface area contributed by atoms with Crippen molar-refractivity contribution in [3.8, 4) is 16.3 Å². The Balaban J connectivity index is 1.63. The Labute approximate surface area is 168 Å². The summed E-state index contributed by atoms with van der Waals surface area (Å²) in [5.74, 6) is -0.302. The zero-order chi connectivity index (χ0) is 19.4. The van der Waals surface area contributed by atoms with Gasteiger partial charge in [-0.05, 0) is 48.9 Å². The molecule has 2 aromatic carbocycles. The van der Waals surface area contributed by atoms with Gasteiger partial charge in [0, 0.05) is 10.5 Å². The van der Waals surface area contributed by atoms with Gasteiger partial charge in [0.15, 0.2) is 6.61 Å². The van der Waals surface area contributed by atoms with Gasteiger partial charge >= 0.3 is 5.97 Å². The van der Waals surface area contributed by atoms with Crippen LogP contribution in [0.15, 0.2) is 41.3 Å². The Morgan fingerprint density at radius 3 is 2.81 bits per heavy atom. The normalized spacial score (nSPS) is 10.8. The summed E-state index contributed by atoms with van der Waals surface area (Å²) in [4.78, 5) is 11.6. The number of hydrogen-bond acceptors (Lipinski definition) is 6. The summed E-state index contributed by atoms with van der Waals surface area (Å²) in [5.41, 5.74) is 1.59. The van der Waals surface area contributed by atoms with Crippen LogP contribution < -0.4 is 4.74 Å². The van der Waals surface area contributed by atoms with E-state index in [4.69, 9.17) is 21.4 Å². The van der Waals surface area contributed by atoms with E-state index in [1.807, 2.05) is 19.1 Å². The van der Waals surface area contributed by atoms with Crippen molar-refractivity contribution in [1.29, 1.82) is 0 Å². The number of halogens is 2.